The maximum absolute atomic E-state index is 12.0. The van der Waals surface area contributed by atoms with E-state index in [0.717, 1.165) is 24.8 Å². The molecule has 0 aromatic carbocycles. The number of hydrogen-bond donors (Lipinski definition) is 2. The molecule has 1 saturated heterocycles. The summed E-state index contributed by atoms with van der Waals surface area (Å²) in [5, 5.41) is 7.27. The average molecular weight is 296 g/mol. The number of nitrogens with one attached hydrogen (secondary N) is 2. The summed E-state index contributed by atoms with van der Waals surface area (Å²) in [6, 6.07) is 0. The van der Waals surface area contributed by atoms with Crippen molar-refractivity contribution in [1.29, 1.82) is 0 Å². The largest absolute Gasteiger partial charge is 0.352 e. The maximum atomic E-state index is 12.0. The van der Waals surface area contributed by atoms with Crippen molar-refractivity contribution in [1.82, 2.24) is 15.6 Å². The number of amides is 1. The van der Waals surface area contributed by atoms with E-state index >= 15 is 0 Å². The normalized spacial score (nSPS) is 18.4. The van der Waals surface area contributed by atoms with E-state index in [4.69, 9.17) is 0 Å². The lowest BCUT2D eigenvalue weighted by Crippen LogP contribution is -2.62. The minimum absolute atomic E-state index is 0.0680. The number of rotatable bonds is 5. The second-order valence-electron chi connectivity index (χ2n) is 6.10. The van der Waals surface area contributed by atoms with Gasteiger partial charge in [-0.15, -0.1) is 11.3 Å². The van der Waals surface area contributed by atoms with Gasteiger partial charge in [0.25, 0.3) is 0 Å². The zero-order valence-corrected chi connectivity index (χ0v) is 13.5. The summed E-state index contributed by atoms with van der Waals surface area (Å²) < 4.78 is 0. The molecule has 6 heteroatoms. The number of carbonyl (C=O) groups is 1. The highest BCUT2D eigenvalue weighted by atomic mass is 32.1. The summed E-state index contributed by atoms with van der Waals surface area (Å²) in [7, 11) is 0. The summed E-state index contributed by atoms with van der Waals surface area (Å²) in [4.78, 5) is 19.8. The molecule has 0 aliphatic carbocycles. The zero-order chi connectivity index (χ0) is 14.8. The van der Waals surface area contributed by atoms with E-state index in [1.807, 2.05) is 20.0 Å². The van der Waals surface area contributed by atoms with Crippen molar-refractivity contribution in [3.63, 3.8) is 0 Å². The Bertz CT molecular complexity index is 469. The van der Waals surface area contributed by atoms with E-state index in [9.17, 15) is 4.79 Å². The van der Waals surface area contributed by atoms with E-state index in [-0.39, 0.29) is 5.91 Å². The van der Waals surface area contributed by atoms with Gasteiger partial charge in [-0.2, -0.15) is 0 Å². The van der Waals surface area contributed by atoms with Gasteiger partial charge in [-0.05, 0) is 26.3 Å². The first-order valence-electron chi connectivity index (χ1n) is 7.12. The van der Waals surface area contributed by atoms with Crippen molar-refractivity contribution >= 4 is 22.4 Å². The van der Waals surface area contributed by atoms with Crippen LogP contribution in [0.15, 0.2) is 6.20 Å². The Morgan fingerprint density at radius 2 is 2.30 bits per heavy atom. The van der Waals surface area contributed by atoms with E-state index in [2.05, 4.69) is 34.4 Å². The predicted molar refractivity (Wildman–Crippen MR) is 83.1 cm³/mol. The molecule has 1 aromatic heterocycles. The monoisotopic (exact) mass is 296 g/mol. The quantitative estimate of drug-likeness (QED) is 0.866. The summed E-state index contributed by atoms with van der Waals surface area (Å²) in [6.45, 7) is 11.6. The first-order valence-corrected chi connectivity index (χ1v) is 7.94. The van der Waals surface area contributed by atoms with Gasteiger partial charge < -0.3 is 15.5 Å². The summed E-state index contributed by atoms with van der Waals surface area (Å²) in [5.74, 6) is 0.713. The molecule has 0 radical (unpaired) electrons. The Labute approximate surface area is 124 Å². The van der Waals surface area contributed by atoms with Gasteiger partial charge in [0.05, 0.1) is 0 Å². The number of carbonyl (C=O) groups excluding carboxylic acids is 1. The topological polar surface area (TPSA) is 57.3 Å². The SMILES string of the molecule is CC(C)CNCc1cnc(N2CCNC(=O)C2(C)C)s1. The standard InChI is InChI=1S/C14H24N4OS/c1-10(2)7-15-8-11-9-17-13(20-11)18-6-5-16-12(19)14(18,3)4/h9-10,15H,5-8H2,1-4H3,(H,16,19). The lowest BCUT2D eigenvalue weighted by molar-refractivity contribution is -0.126. The summed E-state index contributed by atoms with van der Waals surface area (Å²) in [5.41, 5.74) is -0.529. The van der Waals surface area contributed by atoms with Crippen LogP contribution >= 0.6 is 11.3 Å². The van der Waals surface area contributed by atoms with E-state index in [1.165, 1.54) is 4.88 Å². The molecule has 0 atom stereocenters. The van der Waals surface area contributed by atoms with Gasteiger partial charge in [0, 0.05) is 30.7 Å². The third-order valence-electron chi connectivity index (χ3n) is 3.48. The molecule has 1 aliphatic heterocycles. The van der Waals surface area contributed by atoms with Gasteiger partial charge in [-0.3, -0.25) is 4.79 Å². The Morgan fingerprint density at radius 1 is 1.55 bits per heavy atom. The fraction of sp³-hybridized carbons (Fsp3) is 0.714. The third kappa shape index (κ3) is 3.30. The minimum Gasteiger partial charge on any atom is -0.352 e. The van der Waals surface area contributed by atoms with Gasteiger partial charge in [0.15, 0.2) is 5.13 Å². The van der Waals surface area contributed by atoms with Gasteiger partial charge in [-0.25, -0.2) is 4.98 Å². The summed E-state index contributed by atoms with van der Waals surface area (Å²) in [6.07, 6.45) is 1.91. The molecule has 5 nitrogen and oxygen atoms in total. The molecule has 1 aliphatic rings. The van der Waals surface area contributed by atoms with Crippen molar-refractivity contribution in [3.05, 3.63) is 11.1 Å². The lowest BCUT2D eigenvalue weighted by Gasteiger charge is -2.41. The second-order valence-corrected chi connectivity index (χ2v) is 7.19. The Hall–Kier alpha value is -1.14. The van der Waals surface area contributed by atoms with Crippen molar-refractivity contribution < 1.29 is 4.79 Å². The highest BCUT2D eigenvalue weighted by Crippen LogP contribution is 2.30. The lowest BCUT2D eigenvalue weighted by atomic mass is 10.00. The molecule has 0 unspecified atom stereocenters. The molecule has 1 fully saturated rings. The molecule has 112 valence electrons. The molecule has 0 saturated carbocycles. The van der Waals surface area contributed by atoms with Crippen LogP contribution in [0.4, 0.5) is 5.13 Å². The summed E-state index contributed by atoms with van der Waals surface area (Å²) >= 11 is 1.67. The fourth-order valence-electron chi connectivity index (χ4n) is 2.22. The Kier molecular flexibility index (Phi) is 4.65. The molecule has 2 N–H and O–H groups in total. The van der Waals surface area contributed by atoms with Crippen LogP contribution in [0.3, 0.4) is 0 Å². The first kappa shape index (κ1) is 15.3. The van der Waals surface area contributed by atoms with E-state index < -0.39 is 5.54 Å². The molecule has 20 heavy (non-hydrogen) atoms. The Balaban J connectivity index is 2.02. The third-order valence-corrected chi connectivity index (χ3v) is 4.50. The number of thiazole rings is 1. The van der Waals surface area contributed by atoms with Crippen molar-refractivity contribution in [2.75, 3.05) is 24.5 Å². The number of nitrogens with zero attached hydrogens (tertiary/aromatic N) is 2. The van der Waals surface area contributed by atoms with Crippen LogP contribution in [0, 0.1) is 5.92 Å². The second kappa shape index (κ2) is 6.10. The van der Waals surface area contributed by atoms with Crippen LogP contribution in [0.25, 0.3) is 0 Å². The van der Waals surface area contributed by atoms with Gasteiger partial charge in [0.1, 0.15) is 5.54 Å². The highest BCUT2D eigenvalue weighted by Gasteiger charge is 2.38. The van der Waals surface area contributed by atoms with Crippen molar-refractivity contribution in [2.45, 2.75) is 39.8 Å². The predicted octanol–water partition coefficient (Wildman–Crippen LogP) is 1.60. The molecular formula is C14H24N4OS. The maximum Gasteiger partial charge on any atom is 0.245 e. The van der Waals surface area contributed by atoms with Crippen LogP contribution < -0.4 is 15.5 Å². The molecule has 1 aromatic rings. The number of hydrogen-bond acceptors (Lipinski definition) is 5. The van der Waals surface area contributed by atoms with Gasteiger partial charge >= 0.3 is 0 Å². The number of anilines is 1. The van der Waals surface area contributed by atoms with Gasteiger partial charge in [0.2, 0.25) is 5.91 Å². The molecule has 1 amide bonds. The van der Waals surface area contributed by atoms with Gasteiger partial charge in [-0.1, -0.05) is 13.8 Å². The van der Waals surface area contributed by atoms with Crippen LogP contribution in [-0.2, 0) is 11.3 Å². The average Bonchev–Trinajstić information content (AvgIpc) is 2.80. The Morgan fingerprint density at radius 3 is 3.00 bits per heavy atom. The molecule has 0 spiro atoms. The van der Waals surface area contributed by atoms with Crippen LogP contribution in [0.5, 0.6) is 0 Å². The number of aromatic nitrogens is 1. The minimum atomic E-state index is -0.529. The van der Waals surface area contributed by atoms with Crippen molar-refractivity contribution in [3.8, 4) is 0 Å². The number of piperazine rings is 1. The van der Waals surface area contributed by atoms with E-state index in [1.54, 1.807) is 11.3 Å². The smallest absolute Gasteiger partial charge is 0.245 e. The van der Waals surface area contributed by atoms with Crippen molar-refractivity contribution in [2.24, 2.45) is 5.92 Å². The first-order chi connectivity index (χ1) is 9.41. The van der Waals surface area contributed by atoms with Crippen LogP contribution in [-0.4, -0.2) is 36.1 Å². The van der Waals surface area contributed by atoms with Crippen LogP contribution in [0.1, 0.15) is 32.6 Å². The molecule has 2 rings (SSSR count). The molecular weight excluding hydrogens is 272 g/mol. The molecule has 0 bridgehead atoms. The zero-order valence-electron chi connectivity index (χ0n) is 12.7. The van der Waals surface area contributed by atoms with E-state index in [0.29, 0.717) is 12.5 Å². The molecule has 2 heterocycles. The van der Waals surface area contributed by atoms with Crippen LogP contribution in [0.2, 0.25) is 0 Å². The fourth-order valence-corrected chi connectivity index (χ4v) is 3.27. The highest BCUT2D eigenvalue weighted by molar-refractivity contribution is 7.15.